The van der Waals surface area contributed by atoms with Gasteiger partial charge in [-0.25, -0.2) is 4.79 Å². The Morgan fingerprint density at radius 2 is 2.05 bits per heavy atom. The number of hydrogen-bond acceptors (Lipinski definition) is 3. The zero-order valence-electron chi connectivity index (χ0n) is 12.6. The van der Waals surface area contributed by atoms with Crippen LogP contribution in [0.4, 0.5) is 4.79 Å². The molecule has 0 aliphatic carbocycles. The molecule has 0 saturated carbocycles. The molecular formula is C16H20ClN3O2. The van der Waals surface area contributed by atoms with Crippen LogP contribution in [0.5, 0.6) is 0 Å². The number of urea groups is 1. The number of nitrogens with one attached hydrogen (secondary N) is 1. The van der Waals surface area contributed by atoms with Gasteiger partial charge in [-0.15, -0.1) is 0 Å². The van der Waals surface area contributed by atoms with Gasteiger partial charge < -0.3 is 5.32 Å². The Kier molecular flexibility index (Phi) is 4.36. The fraction of sp³-hybridized carbons (Fsp3) is 0.500. The number of benzene rings is 1. The molecule has 0 aromatic heterocycles. The molecule has 118 valence electrons. The molecule has 0 spiro atoms. The normalized spacial score (nSPS) is 23.9. The summed E-state index contributed by atoms with van der Waals surface area (Å²) < 4.78 is 0. The Hall–Kier alpha value is -1.59. The van der Waals surface area contributed by atoms with E-state index in [-0.39, 0.29) is 18.0 Å². The molecule has 6 heteroatoms. The van der Waals surface area contributed by atoms with Crippen molar-refractivity contribution in [2.24, 2.45) is 0 Å². The minimum absolute atomic E-state index is 0.00111. The molecule has 2 saturated heterocycles. The van der Waals surface area contributed by atoms with Gasteiger partial charge in [-0.2, -0.15) is 0 Å². The molecule has 0 radical (unpaired) electrons. The highest BCUT2D eigenvalue weighted by Gasteiger charge is 2.38. The molecule has 2 heterocycles. The second-order valence-electron chi connectivity index (χ2n) is 5.93. The van der Waals surface area contributed by atoms with Crippen molar-refractivity contribution >= 4 is 23.5 Å². The summed E-state index contributed by atoms with van der Waals surface area (Å²) in [6.07, 6.45) is 2.29. The number of amides is 3. The van der Waals surface area contributed by atoms with Crippen molar-refractivity contribution in [3.05, 3.63) is 34.9 Å². The molecule has 0 bridgehead atoms. The molecule has 2 fully saturated rings. The van der Waals surface area contributed by atoms with Gasteiger partial charge in [-0.3, -0.25) is 14.6 Å². The van der Waals surface area contributed by atoms with E-state index in [9.17, 15) is 9.59 Å². The summed E-state index contributed by atoms with van der Waals surface area (Å²) >= 11 is 6.11. The lowest BCUT2D eigenvalue weighted by Crippen LogP contribution is -2.40. The fourth-order valence-electron chi connectivity index (χ4n) is 3.20. The van der Waals surface area contributed by atoms with Crippen LogP contribution in [0.2, 0.25) is 5.02 Å². The largest absolute Gasteiger partial charge is 0.326 e. The van der Waals surface area contributed by atoms with Crippen LogP contribution >= 0.6 is 11.6 Å². The van der Waals surface area contributed by atoms with Crippen LogP contribution in [0.15, 0.2) is 24.3 Å². The molecule has 2 aliphatic rings. The van der Waals surface area contributed by atoms with E-state index in [2.05, 4.69) is 10.2 Å². The zero-order chi connectivity index (χ0) is 15.7. The minimum atomic E-state index is -0.439. The van der Waals surface area contributed by atoms with Crippen LogP contribution < -0.4 is 5.32 Å². The van der Waals surface area contributed by atoms with Gasteiger partial charge in [0, 0.05) is 5.02 Å². The van der Waals surface area contributed by atoms with Gasteiger partial charge in [-0.1, -0.05) is 23.7 Å². The third kappa shape index (κ3) is 2.96. The first kappa shape index (κ1) is 15.3. The number of hydrogen-bond donors (Lipinski definition) is 1. The van der Waals surface area contributed by atoms with E-state index in [4.69, 9.17) is 11.6 Å². The lowest BCUT2D eigenvalue weighted by atomic mass is 10.0. The van der Waals surface area contributed by atoms with Gasteiger partial charge in [0.15, 0.2) is 0 Å². The van der Waals surface area contributed by atoms with E-state index in [1.807, 2.05) is 24.3 Å². The van der Waals surface area contributed by atoms with E-state index in [1.165, 1.54) is 4.90 Å². The van der Waals surface area contributed by atoms with Crippen molar-refractivity contribution in [3.8, 4) is 0 Å². The first-order chi connectivity index (χ1) is 10.6. The van der Waals surface area contributed by atoms with Crippen LogP contribution in [0.1, 0.15) is 31.4 Å². The summed E-state index contributed by atoms with van der Waals surface area (Å²) in [4.78, 5) is 27.8. The SMILES string of the molecule is C[C@H]1NC(=O)N(C[C@H](c2cccc(Cl)c2)N2CCCC2)C1=O. The maximum atomic E-state index is 12.2. The van der Waals surface area contributed by atoms with Crippen molar-refractivity contribution in [3.63, 3.8) is 0 Å². The summed E-state index contributed by atoms with van der Waals surface area (Å²) in [6, 6.07) is 6.94. The van der Waals surface area contributed by atoms with Gasteiger partial charge in [0.25, 0.3) is 5.91 Å². The van der Waals surface area contributed by atoms with Crippen LogP contribution in [0.3, 0.4) is 0 Å². The van der Waals surface area contributed by atoms with E-state index in [1.54, 1.807) is 6.92 Å². The average molecular weight is 322 g/mol. The average Bonchev–Trinajstić information content (AvgIpc) is 3.08. The Bertz CT molecular complexity index is 587. The molecule has 1 aromatic rings. The summed E-state index contributed by atoms with van der Waals surface area (Å²) in [5.41, 5.74) is 1.05. The highest BCUT2D eigenvalue weighted by Crippen LogP contribution is 2.28. The summed E-state index contributed by atoms with van der Waals surface area (Å²) in [5, 5.41) is 3.34. The summed E-state index contributed by atoms with van der Waals surface area (Å²) in [6.45, 7) is 4.05. The standard InChI is InChI=1S/C16H20ClN3O2/c1-11-15(21)20(16(22)18-11)10-14(19-7-2-3-8-19)12-5-4-6-13(17)9-12/h4-6,9,11,14H,2-3,7-8,10H2,1H3,(H,18,22)/t11-,14-/m1/s1. The Balaban J connectivity index is 1.86. The summed E-state index contributed by atoms with van der Waals surface area (Å²) in [7, 11) is 0. The number of likely N-dealkylation sites (tertiary alicyclic amines) is 1. The van der Waals surface area contributed by atoms with Crippen molar-refractivity contribution in [2.75, 3.05) is 19.6 Å². The second kappa shape index (κ2) is 6.26. The van der Waals surface area contributed by atoms with Crippen LogP contribution in [-0.2, 0) is 4.79 Å². The van der Waals surface area contributed by atoms with E-state index in [0.29, 0.717) is 11.6 Å². The molecule has 0 unspecified atom stereocenters. The molecule has 3 amide bonds. The Morgan fingerprint density at radius 3 is 2.64 bits per heavy atom. The molecule has 1 aromatic carbocycles. The highest BCUT2D eigenvalue weighted by atomic mass is 35.5. The molecule has 22 heavy (non-hydrogen) atoms. The van der Waals surface area contributed by atoms with Gasteiger partial charge in [0.1, 0.15) is 6.04 Å². The Labute approximate surface area is 135 Å². The molecular weight excluding hydrogens is 302 g/mol. The topological polar surface area (TPSA) is 52.7 Å². The maximum Gasteiger partial charge on any atom is 0.324 e. The minimum Gasteiger partial charge on any atom is -0.326 e. The number of nitrogens with zero attached hydrogens (tertiary/aromatic N) is 2. The third-order valence-electron chi connectivity index (χ3n) is 4.39. The van der Waals surface area contributed by atoms with Crippen molar-refractivity contribution in [1.29, 1.82) is 0 Å². The van der Waals surface area contributed by atoms with Gasteiger partial charge in [0.2, 0.25) is 0 Å². The monoisotopic (exact) mass is 321 g/mol. The van der Waals surface area contributed by atoms with E-state index >= 15 is 0 Å². The first-order valence-corrected chi connectivity index (χ1v) is 8.05. The van der Waals surface area contributed by atoms with Gasteiger partial charge in [0.05, 0.1) is 12.6 Å². The fourth-order valence-corrected chi connectivity index (χ4v) is 3.40. The first-order valence-electron chi connectivity index (χ1n) is 7.67. The van der Waals surface area contributed by atoms with Crippen LogP contribution in [-0.4, -0.2) is 47.4 Å². The number of imide groups is 1. The smallest absolute Gasteiger partial charge is 0.324 e. The molecule has 3 rings (SSSR count). The third-order valence-corrected chi connectivity index (χ3v) is 4.63. The number of carbonyl (C=O) groups is 2. The number of halogens is 1. The van der Waals surface area contributed by atoms with Crippen LogP contribution in [0, 0.1) is 0 Å². The quantitative estimate of drug-likeness (QED) is 0.867. The number of carbonyl (C=O) groups excluding carboxylic acids is 2. The highest BCUT2D eigenvalue weighted by molar-refractivity contribution is 6.30. The van der Waals surface area contributed by atoms with Crippen molar-refractivity contribution < 1.29 is 9.59 Å². The van der Waals surface area contributed by atoms with Gasteiger partial charge >= 0.3 is 6.03 Å². The maximum absolute atomic E-state index is 12.2. The van der Waals surface area contributed by atoms with Crippen LogP contribution in [0.25, 0.3) is 0 Å². The lowest BCUT2D eigenvalue weighted by Gasteiger charge is -2.30. The van der Waals surface area contributed by atoms with Gasteiger partial charge in [-0.05, 0) is 50.6 Å². The predicted molar refractivity (Wildman–Crippen MR) is 84.7 cm³/mol. The molecule has 5 nitrogen and oxygen atoms in total. The molecule has 2 aliphatic heterocycles. The molecule has 2 atom stereocenters. The lowest BCUT2D eigenvalue weighted by molar-refractivity contribution is -0.127. The summed E-state index contributed by atoms with van der Waals surface area (Å²) in [5.74, 6) is -0.156. The zero-order valence-corrected chi connectivity index (χ0v) is 13.3. The van der Waals surface area contributed by atoms with E-state index in [0.717, 1.165) is 31.5 Å². The van der Waals surface area contributed by atoms with Crippen molar-refractivity contribution in [1.82, 2.24) is 15.1 Å². The molecule has 1 N–H and O–H groups in total. The van der Waals surface area contributed by atoms with E-state index < -0.39 is 6.04 Å². The second-order valence-corrected chi connectivity index (χ2v) is 6.37. The number of rotatable bonds is 4. The predicted octanol–water partition coefficient (Wildman–Crippen LogP) is 2.42. The van der Waals surface area contributed by atoms with Crippen molar-refractivity contribution in [2.45, 2.75) is 31.8 Å². The Morgan fingerprint density at radius 1 is 1.32 bits per heavy atom.